The number of amides is 1. The Bertz CT molecular complexity index is 1350. The van der Waals surface area contributed by atoms with Gasteiger partial charge in [-0.25, -0.2) is 13.1 Å². The minimum absolute atomic E-state index is 0.00872. The van der Waals surface area contributed by atoms with Crippen LogP contribution in [0.5, 0.6) is 5.75 Å². The second kappa shape index (κ2) is 10.5. The SMILES string of the molecule is C=C/C(=C\C=C/C)CC(=O)NS(=O)(=O)c1ccc2c(c1)N(C)C[C@@]1(CCCc3cc(Cl)ccc31)CO2. The molecule has 1 atom stereocenters. The molecule has 0 unspecified atom stereocenters. The third-order valence-corrected chi connectivity index (χ3v) is 8.42. The highest BCUT2D eigenvalue weighted by molar-refractivity contribution is 7.90. The minimum atomic E-state index is -4.07. The molecule has 2 aromatic carbocycles. The Morgan fingerprint density at radius 3 is 2.83 bits per heavy atom. The molecule has 1 spiro atoms. The smallest absolute Gasteiger partial charge is 0.264 e. The molecule has 1 aliphatic carbocycles. The average molecular weight is 527 g/mol. The number of halogens is 1. The van der Waals surface area contributed by atoms with Gasteiger partial charge >= 0.3 is 0 Å². The van der Waals surface area contributed by atoms with Crippen molar-refractivity contribution in [1.29, 1.82) is 0 Å². The summed E-state index contributed by atoms with van der Waals surface area (Å²) in [5.41, 5.74) is 3.55. The van der Waals surface area contributed by atoms with Crippen LogP contribution in [-0.2, 0) is 26.7 Å². The zero-order valence-electron chi connectivity index (χ0n) is 20.6. The van der Waals surface area contributed by atoms with E-state index in [4.69, 9.17) is 16.3 Å². The Morgan fingerprint density at radius 2 is 2.08 bits per heavy atom. The molecule has 1 N–H and O–H groups in total. The molecule has 1 amide bonds. The van der Waals surface area contributed by atoms with E-state index in [-0.39, 0.29) is 16.7 Å². The lowest BCUT2D eigenvalue weighted by molar-refractivity contribution is -0.118. The number of anilines is 1. The summed E-state index contributed by atoms with van der Waals surface area (Å²) in [5.74, 6) is -0.00871. The number of rotatable bonds is 6. The van der Waals surface area contributed by atoms with E-state index in [1.807, 2.05) is 37.1 Å². The predicted octanol–water partition coefficient (Wildman–Crippen LogP) is 5.33. The van der Waals surface area contributed by atoms with Gasteiger partial charge in [-0.1, -0.05) is 48.6 Å². The van der Waals surface area contributed by atoms with Crippen molar-refractivity contribution in [3.8, 4) is 5.75 Å². The third-order valence-electron chi connectivity index (χ3n) is 6.81. The number of nitrogens with one attached hydrogen (secondary N) is 1. The number of allylic oxidation sites excluding steroid dienone is 4. The van der Waals surface area contributed by atoms with Gasteiger partial charge in [0.15, 0.2) is 0 Å². The molecule has 0 saturated carbocycles. The number of likely N-dealkylation sites (N-methyl/N-ethyl adjacent to an activating group) is 1. The van der Waals surface area contributed by atoms with E-state index in [0.29, 0.717) is 30.2 Å². The fourth-order valence-electron chi connectivity index (χ4n) is 5.09. The lowest BCUT2D eigenvalue weighted by Gasteiger charge is -2.39. The first-order valence-electron chi connectivity index (χ1n) is 11.9. The number of hydrogen-bond donors (Lipinski definition) is 1. The first-order chi connectivity index (χ1) is 17.2. The molecule has 6 nitrogen and oxygen atoms in total. The van der Waals surface area contributed by atoms with Gasteiger partial charge < -0.3 is 9.64 Å². The van der Waals surface area contributed by atoms with Crippen LogP contribution < -0.4 is 14.4 Å². The number of nitrogens with zero attached hydrogens (tertiary/aromatic N) is 1. The van der Waals surface area contributed by atoms with E-state index < -0.39 is 15.9 Å². The van der Waals surface area contributed by atoms with Crippen molar-refractivity contribution >= 4 is 33.2 Å². The van der Waals surface area contributed by atoms with Crippen LogP contribution in [0.15, 0.2) is 77.7 Å². The Hall–Kier alpha value is -3.03. The number of sulfonamides is 1. The molecule has 2 aromatic rings. The summed E-state index contributed by atoms with van der Waals surface area (Å²) < 4.78 is 34.5. The van der Waals surface area contributed by atoms with Crippen LogP contribution in [0, 0.1) is 0 Å². The van der Waals surface area contributed by atoms with Crippen molar-refractivity contribution in [3.63, 3.8) is 0 Å². The molecule has 36 heavy (non-hydrogen) atoms. The molecule has 1 heterocycles. The minimum Gasteiger partial charge on any atom is -0.490 e. The Kier molecular flexibility index (Phi) is 7.62. The fourth-order valence-corrected chi connectivity index (χ4v) is 6.29. The lowest BCUT2D eigenvalue weighted by Crippen LogP contribution is -2.44. The lowest BCUT2D eigenvalue weighted by atomic mass is 9.70. The number of ether oxygens (including phenoxy) is 1. The first-order valence-corrected chi connectivity index (χ1v) is 13.8. The molecule has 190 valence electrons. The highest BCUT2D eigenvalue weighted by Crippen LogP contribution is 2.44. The molecule has 0 bridgehead atoms. The molecule has 0 aromatic heterocycles. The van der Waals surface area contributed by atoms with E-state index >= 15 is 0 Å². The number of aryl methyl sites for hydroxylation is 1. The summed E-state index contributed by atoms with van der Waals surface area (Å²) in [4.78, 5) is 14.5. The van der Waals surface area contributed by atoms with E-state index in [1.54, 1.807) is 24.3 Å². The van der Waals surface area contributed by atoms with Crippen LogP contribution in [0.2, 0.25) is 5.02 Å². The monoisotopic (exact) mass is 526 g/mol. The van der Waals surface area contributed by atoms with Crippen LogP contribution in [0.1, 0.15) is 37.3 Å². The van der Waals surface area contributed by atoms with Gasteiger partial charge in [0.25, 0.3) is 10.0 Å². The molecule has 1 aliphatic heterocycles. The summed E-state index contributed by atoms with van der Waals surface area (Å²) in [6.45, 7) is 6.70. The highest BCUT2D eigenvalue weighted by atomic mass is 35.5. The summed E-state index contributed by atoms with van der Waals surface area (Å²) in [6, 6.07) is 10.8. The molecular formula is C28H31ClN2O4S. The Labute approximate surface area is 218 Å². The summed E-state index contributed by atoms with van der Waals surface area (Å²) in [7, 11) is -2.12. The fraction of sp³-hybridized carbons (Fsp3) is 0.321. The zero-order valence-corrected chi connectivity index (χ0v) is 22.2. The summed E-state index contributed by atoms with van der Waals surface area (Å²) in [5, 5.41) is 0.728. The van der Waals surface area contributed by atoms with Crippen molar-refractivity contribution in [2.24, 2.45) is 0 Å². The maximum absolute atomic E-state index is 13.0. The van der Waals surface area contributed by atoms with Crippen molar-refractivity contribution < 1.29 is 17.9 Å². The first kappa shape index (κ1) is 26.0. The van der Waals surface area contributed by atoms with Crippen LogP contribution in [0.25, 0.3) is 0 Å². The van der Waals surface area contributed by atoms with Crippen molar-refractivity contribution in [3.05, 3.63) is 89.0 Å². The van der Waals surface area contributed by atoms with Gasteiger partial charge in [-0.2, -0.15) is 0 Å². The van der Waals surface area contributed by atoms with Gasteiger partial charge in [0.05, 0.1) is 23.6 Å². The maximum atomic E-state index is 13.0. The van der Waals surface area contributed by atoms with Gasteiger partial charge in [0.2, 0.25) is 5.91 Å². The predicted molar refractivity (Wildman–Crippen MR) is 144 cm³/mol. The number of fused-ring (bicyclic) bond motifs is 3. The van der Waals surface area contributed by atoms with Crippen LogP contribution >= 0.6 is 11.6 Å². The van der Waals surface area contributed by atoms with E-state index in [2.05, 4.69) is 17.4 Å². The Morgan fingerprint density at radius 1 is 1.28 bits per heavy atom. The van der Waals surface area contributed by atoms with E-state index in [9.17, 15) is 13.2 Å². The molecule has 0 fully saturated rings. The second-order valence-corrected chi connectivity index (χ2v) is 11.5. The molecule has 0 radical (unpaired) electrons. The second-order valence-electron chi connectivity index (χ2n) is 9.39. The topological polar surface area (TPSA) is 75.7 Å². The van der Waals surface area contributed by atoms with Gasteiger partial charge in [0.1, 0.15) is 5.75 Å². The zero-order chi connectivity index (χ0) is 25.9. The maximum Gasteiger partial charge on any atom is 0.264 e. The van der Waals surface area contributed by atoms with Gasteiger partial charge in [0, 0.05) is 24.0 Å². The number of hydrogen-bond acceptors (Lipinski definition) is 5. The molecule has 8 heteroatoms. The van der Waals surface area contributed by atoms with Crippen LogP contribution in [0.4, 0.5) is 5.69 Å². The van der Waals surface area contributed by atoms with Gasteiger partial charge in [-0.05, 0) is 73.2 Å². The normalized spacial score (nSPS) is 19.9. The van der Waals surface area contributed by atoms with Gasteiger partial charge in [-0.15, -0.1) is 0 Å². The van der Waals surface area contributed by atoms with Crippen LogP contribution in [0.3, 0.4) is 0 Å². The van der Waals surface area contributed by atoms with Crippen molar-refractivity contribution in [1.82, 2.24) is 4.72 Å². The largest absolute Gasteiger partial charge is 0.490 e. The number of benzene rings is 2. The number of carbonyl (C=O) groups excluding carboxylic acids is 1. The summed E-state index contributed by atoms with van der Waals surface area (Å²) in [6.07, 6.45) is 9.73. The van der Waals surface area contributed by atoms with Crippen molar-refractivity contribution in [2.75, 3.05) is 25.1 Å². The quantitative estimate of drug-likeness (QED) is 0.515. The molecule has 2 aliphatic rings. The summed E-state index contributed by atoms with van der Waals surface area (Å²) >= 11 is 6.25. The average Bonchev–Trinajstić information content (AvgIpc) is 2.97. The van der Waals surface area contributed by atoms with E-state index in [0.717, 1.165) is 24.3 Å². The Balaban J connectivity index is 1.58. The molecule has 0 saturated heterocycles. The molecule has 4 rings (SSSR count). The van der Waals surface area contributed by atoms with Crippen molar-refractivity contribution in [2.45, 2.75) is 42.9 Å². The number of carbonyl (C=O) groups is 1. The standard InChI is InChI=1S/C28H31ClN2O4S/c1-4-6-8-20(5-2)15-27(32)30-36(33,34)23-11-13-26-25(17-23)31(3)18-28(19-35-26)14-7-9-21-16-22(29)10-12-24(21)28/h4-6,8,10-13,16-17H,2,7,9,14-15,18-19H2,1,3H3,(H,30,32)/b6-4-,20-8+/t28-/m0/s1. The highest BCUT2D eigenvalue weighted by Gasteiger charge is 2.41. The van der Waals surface area contributed by atoms with Crippen LogP contribution in [-0.4, -0.2) is 34.5 Å². The van der Waals surface area contributed by atoms with E-state index in [1.165, 1.54) is 23.3 Å². The molecular weight excluding hydrogens is 496 g/mol. The third kappa shape index (κ3) is 5.37. The van der Waals surface area contributed by atoms with Gasteiger partial charge in [-0.3, -0.25) is 4.79 Å².